The average Bonchev–Trinajstić information content (AvgIpc) is 3.68. The minimum absolute atomic E-state index is 0.922. The molecular weight excluding hydrogens is 512 g/mol. The highest BCUT2D eigenvalue weighted by molar-refractivity contribution is 6.10. The Bertz CT molecular complexity index is 2490. The largest absolute Gasteiger partial charge is 0.309 e. The van der Waals surface area contributed by atoms with Gasteiger partial charge >= 0.3 is 0 Å². The molecule has 0 radical (unpaired) electrons. The van der Waals surface area contributed by atoms with Crippen LogP contribution >= 0.6 is 0 Å². The third kappa shape index (κ3) is 3.15. The first kappa shape index (κ1) is 23.1. The molecule has 0 aliphatic heterocycles. The van der Waals surface area contributed by atoms with Crippen LogP contribution in [0.5, 0.6) is 0 Å². The molecule has 198 valence electrons. The smallest absolute Gasteiger partial charge is 0.220 e. The van der Waals surface area contributed by atoms with E-state index in [-0.39, 0.29) is 0 Å². The van der Waals surface area contributed by atoms with Crippen molar-refractivity contribution in [2.24, 2.45) is 0 Å². The Morgan fingerprint density at radius 3 is 1.98 bits per heavy atom. The molecule has 9 aromatic rings. The number of imidazole rings is 2. The van der Waals surface area contributed by atoms with E-state index in [1.54, 1.807) is 0 Å². The fourth-order valence-corrected chi connectivity index (χ4v) is 6.74. The molecule has 0 spiro atoms. The molecule has 3 aromatic heterocycles. The molecule has 0 amide bonds. The van der Waals surface area contributed by atoms with Gasteiger partial charge in [0.25, 0.3) is 0 Å². The van der Waals surface area contributed by atoms with Gasteiger partial charge in [-0.25, -0.2) is 4.98 Å². The summed E-state index contributed by atoms with van der Waals surface area (Å²) in [5.74, 6) is 0.922. The van der Waals surface area contributed by atoms with Crippen molar-refractivity contribution in [3.05, 3.63) is 145 Å². The van der Waals surface area contributed by atoms with Crippen LogP contribution in [-0.4, -0.2) is 18.5 Å². The van der Waals surface area contributed by atoms with Gasteiger partial charge in [0.15, 0.2) is 0 Å². The van der Waals surface area contributed by atoms with E-state index in [2.05, 4.69) is 160 Å². The lowest BCUT2D eigenvalue weighted by atomic mass is 9.99. The number of rotatable bonds is 3. The molecule has 0 atom stereocenters. The van der Waals surface area contributed by atoms with Gasteiger partial charge < -0.3 is 4.57 Å². The van der Waals surface area contributed by atoms with E-state index in [1.807, 2.05) is 0 Å². The van der Waals surface area contributed by atoms with Crippen LogP contribution in [0, 0.1) is 6.92 Å². The Kier molecular flexibility index (Phi) is 4.79. The number of fused-ring (bicyclic) bond motifs is 8. The summed E-state index contributed by atoms with van der Waals surface area (Å²) in [6.07, 6.45) is 0. The Hall–Kier alpha value is -5.61. The third-order valence-electron chi connectivity index (χ3n) is 8.60. The maximum absolute atomic E-state index is 5.10. The molecule has 0 unspecified atom stereocenters. The predicted octanol–water partition coefficient (Wildman–Crippen LogP) is 9.50. The molecule has 42 heavy (non-hydrogen) atoms. The highest BCUT2D eigenvalue weighted by Gasteiger charge is 2.20. The van der Waals surface area contributed by atoms with E-state index < -0.39 is 0 Å². The van der Waals surface area contributed by atoms with E-state index >= 15 is 0 Å². The minimum atomic E-state index is 0.922. The first-order valence-electron chi connectivity index (χ1n) is 14.3. The lowest BCUT2D eigenvalue weighted by Gasteiger charge is -2.15. The molecule has 0 fully saturated rings. The number of aromatic nitrogens is 4. The fraction of sp³-hybridized carbons (Fsp3) is 0.0263. The fourth-order valence-electron chi connectivity index (χ4n) is 6.74. The zero-order valence-corrected chi connectivity index (χ0v) is 23.1. The quantitative estimate of drug-likeness (QED) is 0.220. The normalized spacial score (nSPS) is 11.9. The summed E-state index contributed by atoms with van der Waals surface area (Å²) in [6.45, 7) is 2.19. The van der Waals surface area contributed by atoms with E-state index in [1.165, 1.54) is 44.2 Å². The molecule has 6 aromatic carbocycles. The zero-order valence-electron chi connectivity index (χ0n) is 23.1. The monoisotopic (exact) mass is 538 g/mol. The average molecular weight is 539 g/mol. The third-order valence-corrected chi connectivity index (χ3v) is 8.60. The Morgan fingerprint density at radius 1 is 0.476 bits per heavy atom. The van der Waals surface area contributed by atoms with Gasteiger partial charge in [0.2, 0.25) is 5.78 Å². The van der Waals surface area contributed by atoms with Crippen molar-refractivity contribution < 1.29 is 0 Å². The summed E-state index contributed by atoms with van der Waals surface area (Å²) in [5.41, 5.74) is 12.8. The van der Waals surface area contributed by atoms with Gasteiger partial charge in [-0.05, 0) is 72.6 Å². The molecule has 0 saturated heterocycles. The van der Waals surface area contributed by atoms with Crippen LogP contribution in [0.3, 0.4) is 0 Å². The summed E-state index contributed by atoms with van der Waals surface area (Å²) >= 11 is 0. The summed E-state index contributed by atoms with van der Waals surface area (Å²) < 4.78 is 6.99. The van der Waals surface area contributed by atoms with Crippen molar-refractivity contribution >= 4 is 49.7 Å². The summed E-state index contributed by atoms with van der Waals surface area (Å²) in [7, 11) is 0. The van der Waals surface area contributed by atoms with E-state index in [0.717, 1.165) is 33.5 Å². The zero-order chi connectivity index (χ0) is 27.8. The molecule has 4 nitrogen and oxygen atoms in total. The highest BCUT2D eigenvalue weighted by atomic mass is 15.2. The maximum atomic E-state index is 5.10. The number of nitrogens with zero attached hydrogens (tertiary/aromatic N) is 4. The van der Waals surface area contributed by atoms with Crippen molar-refractivity contribution in [1.82, 2.24) is 18.5 Å². The molecule has 9 rings (SSSR count). The first-order valence-corrected chi connectivity index (χ1v) is 14.3. The Labute approximate surface area is 242 Å². The number of benzene rings is 6. The van der Waals surface area contributed by atoms with Crippen LogP contribution < -0.4 is 0 Å². The maximum Gasteiger partial charge on any atom is 0.220 e. The summed E-state index contributed by atoms with van der Waals surface area (Å²) in [6, 6.07) is 49.9. The lowest BCUT2D eigenvalue weighted by molar-refractivity contribution is 1.11. The molecule has 0 bridgehead atoms. The van der Waals surface area contributed by atoms with Crippen molar-refractivity contribution in [1.29, 1.82) is 0 Å². The van der Waals surface area contributed by atoms with Gasteiger partial charge in [-0.15, -0.1) is 0 Å². The molecule has 0 aliphatic rings. The van der Waals surface area contributed by atoms with Gasteiger partial charge in [-0.1, -0.05) is 84.9 Å². The molecule has 0 N–H and O–H groups in total. The number of hydrogen-bond acceptors (Lipinski definition) is 1. The van der Waals surface area contributed by atoms with Crippen molar-refractivity contribution in [2.75, 3.05) is 0 Å². The molecular formula is C38H26N4. The highest BCUT2D eigenvalue weighted by Crippen LogP contribution is 2.38. The second kappa shape index (κ2) is 8.69. The summed E-state index contributed by atoms with van der Waals surface area (Å²) in [4.78, 5) is 5.10. The van der Waals surface area contributed by atoms with Crippen LogP contribution in [0.1, 0.15) is 5.56 Å². The SMILES string of the molecule is Cc1ccccc1-c1ccccc1-n1c2ccccc2c2cc(-n3c4ccccc4n4c5ccccc5nc34)ccc21. The van der Waals surface area contributed by atoms with Gasteiger partial charge in [-0.2, -0.15) is 0 Å². The standard InChI is InChI=1S/C38H26N4/c1-25-12-2-3-13-27(25)28-14-4-7-17-32(28)41-33-18-8-5-15-29(33)30-24-26(22-23-34(30)41)40-36-20-10-11-21-37(36)42-35-19-9-6-16-31(35)39-38(40)42/h2-24H,1H3. The van der Waals surface area contributed by atoms with Crippen LogP contribution in [0.15, 0.2) is 140 Å². The van der Waals surface area contributed by atoms with Gasteiger partial charge in [0, 0.05) is 22.0 Å². The van der Waals surface area contributed by atoms with Crippen molar-refractivity contribution in [3.8, 4) is 22.5 Å². The lowest BCUT2D eigenvalue weighted by Crippen LogP contribution is -1.98. The number of aryl methyl sites for hydroxylation is 1. The summed E-state index contributed by atoms with van der Waals surface area (Å²) in [5, 5.41) is 2.45. The minimum Gasteiger partial charge on any atom is -0.309 e. The number of para-hydroxylation sites is 6. The van der Waals surface area contributed by atoms with E-state index in [9.17, 15) is 0 Å². The van der Waals surface area contributed by atoms with Gasteiger partial charge in [-0.3, -0.25) is 8.97 Å². The molecule has 0 aliphatic carbocycles. The Balaban J connectivity index is 1.35. The van der Waals surface area contributed by atoms with Crippen LogP contribution in [-0.2, 0) is 0 Å². The van der Waals surface area contributed by atoms with E-state index in [0.29, 0.717) is 0 Å². The van der Waals surface area contributed by atoms with Crippen molar-refractivity contribution in [3.63, 3.8) is 0 Å². The van der Waals surface area contributed by atoms with Crippen LogP contribution in [0.25, 0.3) is 72.2 Å². The van der Waals surface area contributed by atoms with Crippen molar-refractivity contribution in [2.45, 2.75) is 6.92 Å². The Morgan fingerprint density at radius 2 is 1.12 bits per heavy atom. The van der Waals surface area contributed by atoms with Gasteiger partial charge in [0.1, 0.15) is 0 Å². The second-order valence-corrected chi connectivity index (χ2v) is 10.9. The predicted molar refractivity (Wildman–Crippen MR) is 174 cm³/mol. The first-order chi connectivity index (χ1) is 20.8. The van der Waals surface area contributed by atoms with Gasteiger partial charge in [0.05, 0.1) is 38.8 Å². The molecule has 3 heterocycles. The second-order valence-electron chi connectivity index (χ2n) is 10.9. The molecule has 0 saturated carbocycles. The molecule has 4 heteroatoms. The topological polar surface area (TPSA) is 27.2 Å². The van der Waals surface area contributed by atoms with Crippen LogP contribution in [0.4, 0.5) is 0 Å². The number of hydrogen-bond donors (Lipinski definition) is 0. The van der Waals surface area contributed by atoms with E-state index in [4.69, 9.17) is 4.98 Å². The van der Waals surface area contributed by atoms with Crippen LogP contribution in [0.2, 0.25) is 0 Å².